The minimum Gasteiger partial charge on any atom is -0.481 e. The van der Waals surface area contributed by atoms with Crippen LogP contribution in [0.25, 0.3) is 0 Å². The lowest BCUT2D eigenvalue weighted by Gasteiger charge is -2.07. The number of isothiocyanates is 1. The molecule has 0 aliphatic heterocycles. The van der Waals surface area contributed by atoms with E-state index in [1.165, 1.54) is 12.8 Å². The highest BCUT2D eigenvalue weighted by atomic mass is 32.1. The summed E-state index contributed by atoms with van der Waals surface area (Å²) in [5.74, 6) is -1.76. The number of aliphatic carboxylic acids is 1. The topological polar surface area (TPSA) is 66.7 Å². The van der Waals surface area contributed by atoms with Crippen LogP contribution in [-0.2, 0) is 9.59 Å². The maximum Gasteiger partial charge on any atom is 0.308 e. The van der Waals surface area contributed by atoms with E-state index in [0.29, 0.717) is 6.42 Å². The number of carboxylic acids is 1. The number of rotatable bonds is 11. The third-order valence-electron chi connectivity index (χ3n) is 2.76. The average Bonchev–Trinajstić information content (AvgIpc) is 2.33. The number of aliphatic imine (C=N–C) groups is 1. The maximum atomic E-state index is 11.6. The van der Waals surface area contributed by atoms with Crippen molar-refractivity contribution in [2.24, 2.45) is 10.9 Å². The largest absolute Gasteiger partial charge is 0.481 e. The van der Waals surface area contributed by atoms with Crippen molar-refractivity contribution in [3.05, 3.63) is 0 Å². The van der Waals surface area contributed by atoms with Crippen LogP contribution in [0.15, 0.2) is 4.99 Å². The molecule has 1 N–H and O–H groups in total. The molecule has 0 aromatic rings. The zero-order chi connectivity index (χ0) is 13.8. The Bertz CT molecular complexity index is 311. The summed E-state index contributed by atoms with van der Waals surface area (Å²) >= 11 is 4.39. The Morgan fingerprint density at radius 2 is 1.94 bits per heavy atom. The van der Waals surface area contributed by atoms with Gasteiger partial charge in [-0.15, -0.1) is 0 Å². The molecule has 0 aliphatic carbocycles. The molecule has 0 aromatic carbocycles. The van der Waals surface area contributed by atoms with Gasteiger partial charge >= 0.3 is 5.97 Å². The summed E-state index contributed by atoms with van der Waals surface area (Å²) in [6.45, 7) is 2.18. The predicted octanol–water partition coefficient (Wildman–Crippen LogP) is 3.11. The molecule has 1 unspecified atom stereocenters. The molecule has 0 radical (unpaired) electrons. The van der Waals surface area contributed by atoms with Crippen LogP contribution in [0.4, 0.5) is 0 Å². The smallest absolute Gasteiger partial charge is 0.308 e. The van der Waals surface area contributed by atoms with E-state index in [1.807, 2.05) is 0 Å². The van der Waals surface area contributed by atoms with Crippen LogP contribution >= 0.6 is 12.2 Å². The second kappa shape index (κ2) is 11.1. The molecule has 4 nitrogen and oxygen atoms in total. The molecule has 0 aliphatic rings. The van der Waals surface area contributed by atoms with Gasteiger partial charge in [-0.3, -0.25) is 9.59 Å². The number of carbonyl (C=O) groups excluding carboxylic acids is 1. The molecule has 0 bridgehead atoms. The van der Waals surface area contributed by atoms with Crippen molar-refractivity contribution in [2.75, 3.05) is 6.54 Å². The third kappa shape index (κ3) is 9.02. The Morgan fingerprint density at radius 1 is 1.28 bits per heavy atom. The number of carboxylic acid groups (broad SMARTS) is 1. The lowest BCUT2D eigenvalue weighted by molar-refractivity contribution is -0.143. The maximum absolute atomic E-state index is 11.6. The van der Waals surface area contributed by atoms with Crippen LogP contribution in [0, 0.1) is 5.92 Å². The van der Waals surface area contributed by atoms with Gasteiger partial charge in [0, 0.05) is 12.8 Å². The first-order valence-electron chi connectivity index (χ1n) is 6.40. The van der Waals surface area contributed by atoms with Crippen LogP contribution in [0.1, 0.15) is 51.9 Å². The van der Waals surface area contributed by atoms with E-state index in [2.05, 4.69) is 29.3 Å². The van der Waals surface area contributed by atoms with Crippen molar-refractivity contribution >= 4 is 29.1 Å². The fourth-order valence-electron chi connectivity index (χ4n) is 1.68. The summed E-state index contributed by atoms with van der Waals surface area (Å²) in [4.78, 5) is 26.1. The Labute approximate surface area is 113 Å². The molecule has 1 atom stereocenters. The second-order valence-electron chi connectivity index (χ2n) is 4.37. The molecule has 0 heterocycles. The Balaban J connectivity index is 3.88. The van der Waals surface area contributed by atoms with E-state index in [0.717, 1.165) is 19.3 Å². The first kappa shape index (κ1) is 16.9. The number of Topliss-reactive ketones (excluding diaryl/α,β-unsaturated/α-hetero) is 1. The van der Waals surface area contributed by atoms with Crippen molar-refractivity contribution in [2.45, 2.75) is 51.9 Å². The Morgan fingerprint density at radius 3 is 2.50 bits per heavy atom. The summed E-state index contributed by atoms with van der Waals surface area (Å²) in [5.41, 5.74) is 0. The minimum absolute atomic E-state index is 0.00142. The third-order valence-corrected chi connectivity index (χ3v) is 2.89. The number of hydrogen-bond acceptors (Lipinski definition) is 4. The van der Waals surface area contributed by atoms with Gasteiger partial charge in [-0.1, -0.05) is 32.6 Å². The van der Waals surface area contributed by atoms with E-state index in [1.54, 1.807) is 0 Å². The molecule has 0 aromatic heterocycles. The van der Waals surface area contributed by atoms with Gasteiger partial charge in [-0.25, -0.2) is 4.99 Å². The van der Waals surface area contributed by atoms with Crippen LogP contribution in [0.2, 0.25) is 0 Å². The lowest BCUT2D eigenvalue weighted by atomic mass is 9.99. The number of carbonyl (C=O) groups is 2. The average molecular weight is 271 g/mol. The first-order chi connectivity index (χ1) is 8.61. The van der Waals surface area contributed by atoms with Crippen LogP contribution < -0.4 is 0 Å². The van der Waals surface area contributed by atoms with Crippen molar-refractivity contribution in [3.8, 4) is 0 Å². The quantitative estimate of drug-likeness (QED) is 0.356. The highest BCUT2D eigenvalue weighted by molar-refractivity contribution is 7.78. The molecule has 0 spiro atoms. The normalized spacial score (nSPS) is 11.6. The van der Waals surface area contributed by atoms with Crippen molar-refractivity contribution in [1.82, 2.24) is 0 Å². The van der Waals surface area contributed by atoms with Crippen LogP contribution in [0.3, 0.4) is 0 Å². The van der Waals surface area contributed by atoms with Gasteiger partial charge in [-0.05, 0) is 18.6 Å². The molecule has 18 heavy (non-hydrogen) atoms. The van der Waals surface area contributed by atoms with Crippen LogP contribution in [-0.4, -0.2) is 28.6 Å². The number of unbranched alkanes of at least 4 members (excludes halogenated alkanes) is 4. The predicted molar refractivity (Wildman–Crippen MR) is 74.0 cm³/mol. The Kier molecular flexibility index (Phi) is 10.4. The molecule has 5 heteroatoms. The SMILES string of the molecule is CCCCCCCC(=O)CC(CN=C=S)C(=O)O. The highest BCUT2D eigenvalue weighted by Gasteiger charge is 2.20. The van der Waals surface area contributed by atoms with Gasteiger partial charge in [0.25, 0.3) is 0 Å². The Hall–Kier alpha value is -1.06. The minimum atomic E-state index is -0.997. The number of nitrogens with zero attached hydrogens (tertiary/aromatic N) is 1. The van der Waals surface area contributed by atoms with E-state index in [9.17, 15) is 9.59 Å². The van der Waals surface area contributed by atoms with E-state index < -0.39 is 11.9 Å². The first-order valence-corrected chi connectivity index (χ1v) is 6.80. The van der Waals surface area contributed by atoms with Gasteiger partial charge in [-0.2, -0.15) is 0 Å². The van der Waals surface area contributed by atoms with Gasteiger partial charge in [0.15, 0.2) is 0 Å². The highest BCUT2D eigenvalue weighted by Crippen LogP contribution is 2.11. The molecule has 0 rings (SSSR count). The number of thiocarbonyl (C=S) groups is 1. The molecular weight excluding hydrogens is 250 g/mol. The second-order valence-corrected chi connectivity index (χ2v) is 4.56. The summed E-state index contributed by atoms with van der Waals surface area (Å²) < 4.78 is 0. The van der Waals surface area contributed by atoms with E-state index in [-0.39, 0.29) is 18.7 Å². The molecule has 0 amide bonds. The van der Waals surface area contributed by atoms with Crippen LogP contribution in [0.5, 0.6) is 0 Å². The standard InChI is InChI=1S/C13H21NO3S/c1-2-3-4-5-6-7-12(15)8-11(13(16)17)9-14-10-18/h11H,2-9H2,1H3,(H,16,17). The van der Waals surface area contributed by atoms with Gasteiger partial charge in [0.1, 0.15) is 5.78 Å². The summed E-state index contributed by atoms with van der Waals surface area (Å²) in [6, 6.07) is 0. The molecule has 0 saturated heterocycles. The zero-order valence-electron chi connectivity index (χ0n) is 10.9. The summed E-state index contributed by atoms with van der Waals surface area (Å²) in [7, 11) is 0. The fraction of sp³-hybridized carbons (Fsp3) is 0.769. The fourth-order valence-corrected chi connectivity index (χ4v) is 1.75. The zero-order valence-corrected chi connectivity index (χ0v) is 11.7. The molecule has 102 valence electrons. The van der Waals surface area contributed by atoms with Gasteiger partial charge in [0.05, 0.1) is 17.6 Å². The molecule has 0 saturated carbocycles. The number of ketones is 1. The number of hydrogen-bond donors (Lipinski definition) is 1. The van der Waals surface area contributed by atoms with E-state index in [4.69, 9.17) is 5.11 Å². The van der Waals surface area contributed by atoms with Crippen molar-refractivity contribution < 1.29 is 14.7 Å². The lowest BCUT2D eigenvalue weighted by Crippen LogP contribution is -2.20. The van der Waals surface area contributed by atoms with E-state index >= 15 is 0 Å². The van der Waals surface area contributed by atoms with Crippen molar-refractivity contribution in [3.63, 3.8) is 0 Å². The molecular formula is C13H21NO3S. The molecule has 0 fully saturated rings. The summed E-state index contributed by atoms with van der Waals surface area (Å²) in [6.07, 6.45) is 5.90. The monoisotopic (exact) mass is 271 g/mol. The van der Waals surface area contributed by atoms with Gasteiger partial charge in [0.2, 0.25) is 0 Å². The van der Waals surface area contributed by atoms with Gasteiger partial charge < -0.3 is 5.11 Å². The van der Waals surface area contributed by atoms with Crippen molar-refractivity contribution in [1.29, 1.82) is 0 Å². The summed E-state index contributed by atoms with van der Waals surface area (Å²) in [5, 5.41) is 11.0.